The molecule has 0 saturated heterocycles. The molecule has 0 aliphatic heterocycles. The van der Waals surface area contributed by atoms with Crippen molar-refractivity contribution in [3.8, 4) is 11.4 Å². The van der Waals surface area contributed by atoms with Gasteiger partial charge in [0.1, 0.15) is 6.54 Å². The van der Waals surface area contributed by atoms with E-state index in [0.29, 0.717) is 11.7 Å². The number of nitrogens with two attached hydrogens (primary N) is 1. The van der Waals surface area contributed by atoms with Gasteiger partial charge in [-0.25, -0.2) is 0 Å². The summed E-state index contributed by atoms with van der Waals surface area (Å²) < 4.78 is 5.03. The minimum atomic E-state index is 0.0217. The predicted molar refractivity (Wildman–Crippen MR) is 61.1 cm³/mol. The summed E-state index contributed by atoms with van der Waals surface area (Å²) in [6.45, 7) is 0.240. The van der Waals surface area contributed by atoms with E-state index in [1.165, 1.54) is 4.80 Å². The predicted octanol–water partition coefficient (Wildman–Crippen LogP) is 0.354. The summed E-state index contributed by atoms with van der Waals surface area (Å²) in [7, 11) is 0. The number of nitrogens with zero attached hydrogens (tertiary/aromatic N) is 6. The molecule has 0 aliphatic rings. The number of tetrazole rings is 1. The van der Waals surface area contributed by atoms with Crippen molar-refractivity contribution in [2.24, 2.45) is 0 Å². The Morgan fingerprint density at radius 3 is 2.67 bits per heavy atom. The molecule has 0 unspecified atom stereocenters. The summed E-state index contributed by atoms with van der Waals surface area (Å²) in [6.07, 6.45) is 0. The van der Waals surface area contributed by atoms with Gasteiger partial charge in [-0.2, -0.15) is 4.80 Å². The van der Waals surface area contributed by atoms with Gasteiger partial charge in [0.05, 0.1) is 0 Å². The number of hydrogen-bond acceptors (Lipinski definition) is 7. The van der Waals surface area contributed by atoms with E-state index in [0.717, 1.165) is 5.56 Å². The van der Waals surface area contributed by atoms with Crippen LogP contribution in [0.5, 0.6) is 0 Å². The Labute approximate surface area is 101 Å². The lowest BCUT2D eigenvalue weighted by atomic mass is 10.2. The molecule has 0 atom stereocenters. The Morgan fingerprint density at radius 2 is 1.94 bits per heavy atom. The van der Waals surface area contributed by atoms with Crippen molar-refractivity contribution in [1.29, 1.82) is 0 Å². The third-order valence-electron chi connectivity index (χ3n) is 2.24. The standard InChI is InChI=1S/C10H9N7O/c11-10-14-12-8(18-10)6-17-15-9(13-16-17)7-4-2-1-3-5-7/h1-5H,6H2,(H2,11,14). The van der Waals surface area contributed by atoms with Crippen LogP contribution in [-0.4, -0.2) is 30.4 Å². The molecule has 0 bridgehead atoms. The first-order valence-electron chi connectivity index (χ1n) is 5.22. The van der Waals surface area contributed by atoms with Crippen LogP contribution in [-0.2, 0) is 6.54 Å². The zero-order chi connectivity index (χ0) is 12.4. The molecule has 8 heteroatoms. The van der Waals surface area contributed by atoms with Crippen molar-refractivity contribution in [3.63, 3.8) is 0 Å². The van der Waals surface area contributed by atoms with Crippen molar-refractivity contribution >= 4 is 6.01 Å². The van der Waals surface area contributed by atoms with Crippen molar-refractivity contribution < 1.29 is 4.42 Å². The van der Waals surface area contributed by atoms with E-state index in [9.17, 15) is 0 Å². The average molecular weight is 243 g/mol. The van der Waals surface area contributed by atoms with Crippen molar-refractivity contribution in [3.05, 3.63) is 36.2 Å². The van der Waals surface area contributed by atoms with E-state index in [2.05, 4.69) is 25.6 Å². The molecule has 90 valence electrons. The van der Waals surface area contributed by atoms with Gasteiger partial charge in [-0.05, 0) is 5.21 Å². The summed E-state index contributed by atoms with van der Waals surface area (Å²) in [4.78, 5) is 1.37. The summed E-state index contributed by atoms with van der Waals surface area (Å²) >= 11 is 0. The van der Waals surface area contributed by atoms with Crippen LogP contribution < -0.4 is 5.73 Å². The monoisotopic (exact) mass is 243 g/mol. The highest BCUT2D eigenvalue weighted by Gasteiger charge is 2.08. The summed E-state index contributed by atoms with van der Waals surface area (Å²) in [5.74, 6) is 0.882. The first-order valence-corrected chi connectivity index (χ1v) is 5.22. The normalized spacial score (nSPS) is 10.7. The van der Waals surface area contributed by atoms with Gasteiger partial charge in [-0.3, -0.25) is 0 Å². The first kappa shape index (κ1) is 10.4. The topological polar surface area (TPSA) is 109 Å². The molecule has 0 spiro atoms. The van der Waals surface area contributed by atoms with E-state index in [1.807, 2.05) is 30.3 Å². The third kappa shape index (κ3) is 2.03. The van der Waals surface area contributed by atoms with Crippen molar-refractivity contribution in [2.45, 2.75) is 6.54 Å². The Morgan fingerprint density at radius 1 is 1.11 bits per heavy atom. The lowest BCUT2D eigenvalue weighted by Crippen LogP contribution is -2.04. The molecule has 0 saturated carbocycles. The maximum Gasteiger partial charge on any atom is 0.312 e. The van der Waals surface area contributed by atoms with Gasteiger partial charge in [-0.15, -0.1) is 15.3 Å². The summed E-state index contributed by atoms with van der Waals surface area (Å²) in [6, 6.07) is 9.59. The summed E-state index contributed by atoms with van der Waals surface area (Å²) in [5.41, 5.74) is 6.22. The van der Waals surface area contributed by atoms with Gasteiger partial charge in [0.15, 0.2) is 0 Å². The molecule has 2 heterocycles. The van der Waals surface area contributed by atoms with Crippen LogP contribution in [0.15, 0.2) is 34.7 Å². The molecule has 3 rings (SSSR count). The molecule has 0 aliphatic carbocycles. The molecular weight excluding hydrogens is 234 g/mol. The Balaban J connectivity index is 1.82. The lowest BCUT2D eigenvalue weighted by Gasteiger charge is -1.92. The Kier molecular flexibility index (Phi) is 2.45. The van der Waals surface area contributed by atoms with Crippen LogP contribution in [0.4, 0.5) is 6.01 Å². The molecule has 18 heavy (non-hydrogen) atoms. The SMILES string of the molecule is Nc1nnc(Cn2nnc(-c3ccccc3)n2)o1. The highest BCUT2D eigenvalue weighted by Crippen LogP contribution is 2.12. The number of aromatic nitrogens is 6. The molecule has 1 aromatic carbocycles. The molecular formula is C10H9N7O. The zero-order valence-corrected chi connectivity index (χ0v) is 9.26. The van der Waals surface area contributed by atoms with Crippen LogP contribution in [0, 0.1) is 0 Å². The van der Waals surface area contributed by atoms with E-state index in [-0.39, 0.29) is 12.6 Å². The maximum atomic E-state index is 5.32. The van der Waals surface area contributed by atoms with Crippen LogP contribution in [0.2, 0.25) is 0 Å². The zero-order valence-electron chi connectivity index (χ0n) is 9.26. The highest BCUT2D eigenvalue weighted by molar-refractivity contribution is 5.52. The molecule has 8 nitrogen and oxygen atoms in total. The smallest absolute Gasteiger partial charge is 0.312 e. The third-order valence-corrected chi connectivity index (χ3v) is 2.24. The fourth-order valence-electron chi connectivity index (χ4n) is 1.46. The average Bonchev–Trinajstić information content (AvgIpc) is 3.01. The number of benzene rings is 1. The molecule has 0 radical (unpaired) electrons. The van der Waals surface area contributed by atoms with Gasteiger partial charge >= 0.3 is 6.01 Å². The Hall–Kier alpha value is -2.77. The molecule has 0 fully saturated rings. The van der Waals surface area contributed by atoms with Gasteiger partial charge in [0, 0.05) is 5.56 Å². The van der Waals surface area contributed by atoms with E-state index in [4.69, 9.17) is 10.2 Å². The van der Waals surface area contributed by atoms with Crippen LogP contribution in [0.3, 0.4) is 0 Å². The van der Waals surface area contributed by atoms with E-state index >= 15 is 0 Å². The van der Waals surface area contributed by atoms with E-state index < -0.39 is 0 Å². The summed E-state index contributed by atoms with van der Waals surface area (Å²) in [5, 5.41) is 19.3. The number of anilines is 1. The van der Waals surface area contributed by atoms with Gasteiger partial charge in [0.2, 0.25) is 11.7 Å². The second-order valence-electron chi connectivity index (χ2n) is 3.54. The minimum absolute atomic E-state index is 0.0217. The van der Waals surface area contributed by atoms with Crippen LogP contribution >= 0.6 is 0 Å². The second-order valence-corrected chi connectivity index (χ2v) is 3.54. The van der Waals surface area contributed by atoms with Crippen molar-refractivity contribution in [2.75, 3.05) is 5.73 Å². The Bertz CT molecular complexity index is 645. The highest BCUT2D eigenvalue weighted by atomic mass is 16.4. The van der Waals surface area contributed by atoms with Gasteiger partial charge in [0.25, 0.3) is 0 Å². The van der Waals surface area contributed by atoms with Gasteiger partial charge < -0.3 is 10.2 Å². The molecule has 2 aromatic heterocycles. The minimum Gasteiger partial charge on any atom is -0.406 e. The lowest BCUT2D eigenvalue weighted by molar-refractivity contribution is 0.449. The number of rotatable bonds is 3. The van der Waals surface area contributed by atoms with Crippen LogP contribution in [0.25, 0.3) is 11.4 Å². The fourth-order valence-corrected chi connectivity index (χ4v) is 1.46. The van der Waals surface area contributed by atoms with Crippen molar-refractivity contribution in [1.82, 2.24) is 30.4 Å². The fraction of sp³-hybridized carbons (Fsp3) is 0.100. The first-order chi connectivity index (χ1) is 8.81. The molecule has 2 N–H and O–H groups in total. The molecule has 3 aromatic rings. The number of nitrogen functional groups attached to an aromatic ring is 1. The largest absolute Gasteiger partial charge is 0.406 e. The second kappa shape index (κ2) is 4.24. The van der Waals surface area contributed by atoms with Crippen LogP contribution in [0.1, 0.15) is 5.89 Å². The number of hydrogen-bond donors (Lipinski definition) is 1. The van der Waals surface area contributed by atoms with Gasteiger partial charge in [-0.1, -0.05) is 35.4 Å². The van der Waals surface area contributed by atoms with E-state index in [1.54, 1.807) is 0 Å². The maximum absolute atomic E-state index is 5.32. The molecule has 0 amide bonds. The quantitative estimate of drug-likeness (QED) is 0.707.